The number of rotatable bonds is 4. The molecule has 0 aliphatic rings. The highest BCUT2D eigenvalue weighted by Gasteiger charge is 2.15. The van der Waals surface area contributed by atoms with E-state index in [1.54, 1.807) is 0 Å². The Kier molecular flexibility index (Phi) is 5.71. The fourth-order valence-electron chi connectivity index (χ4n) is 0.792. The van der Waals surface area contributed by atoms with Gasteiger partial charge in [-0.1, -0.05) is 27.7 Å². The standard InChI is InChI=1S/C9H20S2/c1-6(2)8(10)5-9(11)7(3)4/h6-11H,5H2,1-4H3. The summed E-state index contributed by atoms with van der Waals surface area (Å²) in [5.41, 5.74) is 0. The minimum absolute atomic E-state index is 0.500. The van der Waals surface area contributed by atoms with E-state index in [0.717, 1.165) is 6.42 Å². The van der Waals surface area contributed by atoms with Crippen LogP contribution in [-0.2, 0) is 0 Å². The minimum Gasteiger partial charge on any atom is -0.176 e. The van der Waals surface area contributed by atoms with Crippen LogP contribution >= 0.6 is 25.3 Å². The molecule has 0 fully saturated rings. The highest BCUT2D eigenvalue weighted by Crippen LogP contribution is 2.22. The van der Waals surface area contributed by atoms with Gasteiger partial charge in [-0.2, -0.15) is 25.3 Å². The third-order valence-electron chi connectivity index (χ3n) is 2.02. The quantitative estimate of drug-likeness (QED) is 0.628. The summed E-state index contributed by atoms with van der Waals surface area (Å²) in [5, 5.41) is 1.000. The molecule has 0 heterocycles. The molecule has 0 saturated carbocycles. The lowest BCUT2D eigenvalue weighted by molar-refractivity contribution is 0.508. The molecule has 0 aliphatic heterocycles. The molecule has 0 aromatic carbocycles. The average Bonchev–Trinajstić information content (AvgIpc) is 1.87. The van der Waals surface area contributed by atoms with E-state index in [-0.39, 0.29) is 0 Å². The lowest BCUT2D eigenvalue weighted by Crippen LogP contribution is -2.18. The predicted octanol–water partition coefficient (Wildman–Crippen LogP) is 3.29. The van der Waals surface area contributed by atoms with Gasteiger partial charge in [0.2, 0.25) is 0 Å². The Morgan fingerprint density at radius 2 is 1.09 bits per heavy atom. The van der Waals surface area contributed by atoms with Gasteiger partial charge in [-0.05, 0) is 18.3 Å². The van der Waals surface area contributed by atoms with Crippen LogP contribution in [0.2, 0.25) is 0 Å². The Morgan fingerprint density at radius 3 is 1.27 bits per heavy atom. The Bertz CT molecular complexity index is 87.7. The molecule has 2 unspecified atom stereocenters. The minimum atomic E-state index is 0.500. The zero-order valence-electron chi connectivity index (χ0n) is 7.91. The zero-order valence-corrected chi connectivity index (χ0v) is 9.70. The van der Waals surface area contributed by atoms with Crippen LogP contribution < -0.4 is 0 Å². The first kappa shape index (κ1) is 11.7. The molecule has 0 amide bonds. The Morgan fingerprint density at radius 1 is 0.818 bits per heavy atom. The predicted molar refractivity (Wildman–Crippen MR) is 59.8 cm³/mol. The Hall–Kier alpha value is 0.700. The highest BCUT2D eigenvalue weighted by molar-refractivity contribution is 7.81. The number of hydrogen-bond donors (Lipinski definition) is 2. The maximum absolute atomic E-state index is 4.51. The van der Waals surface area contributed by atoms with Crippen molar-refractivity contribution >= 4 is 25.3 Å². The van der Waals surface area contributed by atoms with Crippen LogP contribution in [0.25, 0.3) is 0 Å². The van der Waals surface area contributed by atoms with Crippen molar-refractivity contribution in [3.63, 3.8) is 0 Å². The molecule has 0 N–H and O–H groups in total. The smallest absolute Gasteiger partial charge is 0.00503 e. The topological polar surface area (TPSA) is 0 Å². The van der Waals surface area contributed by atoms with Crippen molar-refractivity contribution in [3.8, 4) is 0 Å². The molecule has 0 aromatic rings. The Labute approximate surface area is 82.0 Å². The fourth-order valence-corrected chi connectivity index (χ4v) is 1.41. The summed E-state index contributed by atoms with van der Waals surface area (Å²) in [6.07, 6.45) is 1.11. The van der Waals surface area contributed by atoms with Gasteiger partial charge in [-0.15, -0.1) is 0 Å². The van der Waals surface area contributed by atoms with Gasteiger partial charge < -0.3 is 0 Å². The molecule has 11 heavy (non-hydrogen) atoms. The first-order valence-corrected chi connectivity index (χ1v) is 5.34. The van der Waals surface area contributed by atoms with Crippen molar-refractivity contribution in [3.05, 3.63) is 0 Å². The van der Waals surface area contributed by atoms with E-state index < -0.39 is 0 Å². The lowest BCUT2D eigenvalue weighted by atomic mass is 10.00. The molecule has 2 atom stereocenters. The largest absolute Gasteiger partial charge is 0.176 e. The van der Waals surface area contributed by atoms with Crippen molar-refractivity contribution in [1.29, 1.82) is 0 Å². The summed E-state index contributed by atoms with van der Waals surface area (Å²) in [7, 11) is 0. The van der Waals surface area contributed by atoms with E-state index in [1.165, 1.54) is 0 Å². The van der Waals surface area contributed by atoms with Crippen molar-refractivity contribution < 1.29 is 0 Å². The van der Waals surface area contributed by atoms with E-state index in [9.17, 15) is 0 Å². The van der Waals surface area contributed by atoms with Crippen LogP contribution in [-0.4, -0.2) is 10.5 Å². The van der Waals surface area contributed by atoms with Gasteiger partial charge in [0.25, 0.3) is 0 Å². The van der Waals surface area contributed by atoms with Gasteiger partial charge >= 0.3 is 0 Å². The molecule has 0 aromatic heterocycles. The second kappa shape index (κ2) is 5.36. The van der Waals surface area contributed by atoms with E-state index in [4.69, 9.17) is 0 Å². The molecule has 2 heteroatoms. The molecule has 0 nitrogen and oxygen atoms in total. The SMILES string of the molecule is CC(C)C(S)CC(S)C(C)C. The third-order valence-corrected chi connectivity index (χ3v) is 3.64. The maximum Gasteiger partial charge on any atom is 0.00503 e. The highest BCUT2D eigenvalue weighted by atomic mass is 32.1. The van der Waals surface area contributed by atoms with Crippen LogP contribution in [0.4, 0.5) is 0 Å². The van der Waals surface area contributed by atoms with E-state index >= 15 is 0 Å². The summed E-state index contributed by atoms with van der Waals surface area (Å²) in [5.74, 6) is 1.32. The molecule has 0 aliphatic carbocycles. The first-order chi connectivity index (χ1) is 4.95. The van der Waals surface area contributed by atoms with Crippen molar-refractivity contribution in [1.82, 2.24) is 0 Å². The summed E-state index contributed by atoms with van der Waals surface area (Å²) in [4.78, 5) is 0. The molecular weight excluding hydrogens is 172 g/mol. The molecule has 0 spiro atoms. The summed E-state index contributed by atoms with van der Waals surface area (Å²) in [6.45, 7) is 8.83. The monoisotopic (exact) mass is 192 g/mol. The van der Waals surface area contributed by atoms with Gasteiger partial charge in [-0.3, -0.25) is 0 Å². The molecule has 0 saturated heterocycles. The van der Waals surface area contributed by atoms with E-state index in [2.05, 4.69) is 53.0 Å². The van der Waals surface area contributed by atoms with Gasteiger partial charge in [0, 0.05) is 10.5 Å². The van der Waals surface area contributed by atoms with Crippen molar-refractivity contribution in [2.24, 2.45) is 11.8 Å². The van der Waals surface area contributed by atoms with Crippen LogP contribution in [0.5, 0.6) is 0 Å². The molecule has 68 valence electrons. The summed E-state index contributed by atoms with van der Waals surface area (Å²) in [6, 6.07) is 0. The summed E-state index contributed by atoms with van der Waals surface area (Å²) < 4.78 is 0. The lowest BCUT2D eigenvalue weighted by Gasteiger charge is -2.21. The molecule has 0 bridgehead atoms. The van der Waals surface area contributed by atoms with Crippen LogP contribution in [0.3, 0.4) is 0 Å². The molecule has 0 radical (unpaired) electrons. The average molecular weight is 192 g/mol. The van der Waals surface area contributed by atoms with Gasteiger partial charge in [0.05, 0.1) is 0 Å². The van der Waals surface area contributed by atoms with Crippen molar-refractivity contribution in [2.45, 2.75) is 44.6 Å². The van der Waals surface area contributed by atoms with E-state index in [1.807, 2.05) is 0 Å². The van der Waals surface area contributed by atoms with Crippen LogP contribution in [0.1, 0.15) is 34.1 Å². The zero-order chi connectivity index (χ0) is 9.02. The summed E-state index contributed by atoms with van der Waals surface area (Å²) >= 11 is 9.02. The van der Waals surface area contributed by atoms with Gasteiger partial charge in [0.1, 0.15) is 0 Å². The molecular formula is C9H20S2. The molecule has 0 rings (SSSR count). The normalized spacial score (nSPS) is 17.5. The fraction of sp³-hybridized carbons (Fsp3) is 1.00. The van der Waals surface area contributed by atoms with Gasteiger partial charge in [-0.25, -0.2) is 0 Å². The number of hydrogen-bond acceptors (Lipinski definition) is 2. The Balaban J connectivity index is 3.66. The van der Waals surface area contributed by atoms with E-state index in [0.29, 0.717) is 22.3 Å². The second-order valence-corrected chi connectivity index (χ2v) is 5.19. The van der Waals surface area contributed by atoms with Crippen LogP contribution in [0.15, 0.2) is 0 Å². The number of thiol groups is 2. The van der Waals surface area contributed by atoms with Gasteiger partial charge in [0.15, 0.2) is 0 Å². The second-order valence-electron chi connectivity index (χ2n) is 3.86. The van der Waals surface area contributed by atoms with Crippen LogP contribution in [0, 0.1) is 11.8 Å². The maximum atomic E-state index is 4.51. The van der Waals surface area contributed by atoms with Crippen molar-refractivity contribution in [2.75, 3.05) is 0 Å². The first-order valence-electron chi connectivity index (χ1n) is 4.31. The third kappa shape index (κ3) is 5.02.